The van der Waals surface area contributed by atoms with Crippen molar-refractivity contribution in [2.75, 3.05) is 5.32 Å². The summed E-state index contributed by atoms with van der Waals surface area (Å²) in [4.78, 5) is 0. The van der Waals surface area contributed by atoms with Gasteiger partial charge in [-0.3, -0.25) is 0 Å². The SMILES string of the molecule is CC(Nc1ccc(C#N)c(Br)c1)c1ccsc1. The van der Waals surface area contributed by atoms with E-state index in [0.29, 0.717) is 5.56 Å². The second-order valence-corrected chi connectivity index (χ2v) is 5.36. The number of thiophene rings is 1. The molecule has 0 saturated carbocycles. The quantitative estimate of drug-likeness (QED) is 0.902. The monoisotopic (exact) mass is 306 g/mol. The van der Waals surface area contributed by atoms with Crippen LogP contribution in [0, 0.1) is 11.3 Å². The van der Waals surface area contributed by atoms with E-state index >= 15 is 0 Å². The maximum absolute atomic E-state index is 8.84. The first kappa shape index (κ1) is 12.2. The molecule has 1 heterocycles. The molecule has 2 aromatic rings. The average molecular weight is 307 g/mol. The zero-order valence-corrected chi connectivity index (χ0v) is 11.7. The minimum atomic E-state index is 0.265. The molecule has 1 unspecified atom stereocenters. The fourth-order valence-electron chi connectivity index (χ4n) is 1.55. The standard InChI is InChI=1S/C13H11BrN2S/c1-9(11-4-5-17-8-11)16-12-3-2-10(7-15)13(14)6-12/h2-6,8-9,16H,1H3. The van der Waals surface area contributed by atoms with Gasteiger partial charge in [-0.05, 0) is 63.4 Å². The summed E-state index contributed by atoms with van der Waals surface area (Å²) in [5.74, 6) is 0. The Balaban J connectivity index is 2.15. The molecule has 2 rings (SSSR count). The van der Waals surface area contributed by atoms with Gasteiger partial charge in [0.15, 0.2) is 0 Å². The Morgan fingerprint density at radius 3 is 2.82 bits per heavy atom. The van der Waals surface area contributed by atoms with Crippen molar-refractivity contribution in [3.8, 4) is 6.07 Å². The van der Waals surface area contributed by atoms with Crippen molar-refractivity contribution < 1.29 is 0 Å². The van der Waals surface area contributed by atoms with E-state index in [2.05, 4.69) is 51.1 Å². The highest BCUT2D eigenvalue weighted by Gasteiger charge is 2.06. The minimum Gasteiger partial charge on any atom is -0.378 e. The molecule has 17 heavy (non-hydrogen) atoms. The molecule has 0 bridgehead atoms. The maximum Gasteiger partial charge on any atom is 0.100 e. The van der Waals surface area contributed by atoms with Gasteiger partial charge in [-0.1, -0.05) is 0 Å². The lowest BCUT2D eigenvalue weighted by molar-refractivity contribution is 0.890. The molecule has 4 heteroatoms. The third-order valence-electron chi connectivity index (χ3n) is 2.52. The van der Waals surface area contributed by atoms with Gasteiger partial charge in [-0.25, -0.2) is 0 Å². The number of anilines is 1. The predicted octanol–water partition coefficient (Wildman–Crippen LogP) is 4.56. The lowest BCUT2D eigenvalue weighted by Crippen LogP contribution is -2.05. The van der Waals surface area contributed by atoms with Crippen molar-refractivity contribution in [1.82, 2.24) is 0 Å². The number of hydrogen-bond acceptors (Lipinski definition) is 3. The predicted molar refractivity (Wildman–Crippen MR) is 75.2 cm³/mol. The van der Waals surface area contributed by atoms with E-state index < -0.39 is 0 Å². The molecule has 0 spiro atoms. The first-order valence-corrected chi connectivity index (χ1v) is 6.92. The number of hydrogen-bond donors (Lipinski definition) is 1. The molecule has 1 aromatic heterocycles. The van der Waals surface area contributed by atoms with Crippen molar-refractivity contribution in [1.29, 1.82) is 5.26 Å². The largest absolute Gasteiger partial charge is 0.378 e. The van der Waals surface area contributed by atoms with Gasteiger partial charge < -0.3 is 5.32 Å². The van der Waals surface area contributed by atoms with Crippen LogP contribution in [0.2, 0.25) is 0 Å². The van der Waals surface area contributed by atoms with Crippen LogP contribution in [-0.4, -0.2) is 0 Å². The Kier molecular flexibility index (Phi) is 3.82. The van der Waals surface area contributed by atoms with Crippen LogP contribution in [0.15, 0.2) is 39.5 Å². The van der Waals surface area contributed by atoms with Crippen LogP contribution in [-0.2, 0) is 0 Å². The average Bonchev–Trinajstić information content (AvgIpc) is 2.82. The van der Waals surface area contributed by atoms with E-state index in [0.717, 1.165) is 10.2 Å². The van der Waals surface area contributed by atoms with Crippen LogP contribution < -0.4 is 5.32 Å². The third-order valence-corrected chi connectivity index (χ3v) is 3.87. The van der Waals surface area contributed by atoms with Crippen LogP contribution in [0.1, 0.15) is 24.1 Å². The lowest BCUT2D eigenvalue weighted by atomic mass is 10.1. The Hall–Kier alpha value is -1.31. The smallest absolute Gasteiger partial charge is 0.100 e. The lowest BCUT2D eigenvalue weighted by Gasteiger charge is -2.14. The molecule has 0 fully saturated rings. The summed E-state index contributed by atoms with van der Waals surface area (Å²) < 4.78 is 0.822. The van der Waals surface area contributed by atoms with Crippen molar-refractivity contribution in [3.63, 3.8) is 0 Å². The molecule has 1 aromatic carbocycles. The molecule has 0 aliphatic rings. The summed E-state index contributed by atoms with van der Waals surface area (Å²) in [5.41, 5.74) is 2.93. The Morgan fingerprint density at radius 1 is 1.41 bits per heavy atom. The Labute approximate surface area is 113 Å². The van der Waals surface area contributed by atoms with E-state index in [1.165, 1.54) is 5.56 Å². The highest BCUT2D eigenvalue weighted by atomic mass is 79.9. The number of nitrogens with one attached hydrogen (secondary N) is 1. The molecule has 2 nitrogen and oxygen atoms in total. The molecule has 0 amide bonds. The van der Waals surface area contributed by atoms with E-state index in [-0.39, 0.29) is 6.04 Å². The third kappa shape index (κ3) is 2.87. The first-order valence-electron chi connectivity index (χ1n) is 5.19. The maximum atomic E-state index is 8.84. The summed E-state index contributed by atoms with van der Waals surface area (Å²) >= 11 is 5.08. The van der Waals surface area contributed by atoms with E-state index in [4.69, 9.17) is 5.26 Å². The zero-order chi connectivity index (χ0) is 12.3. The van der Waals surface area contributed by atoms with Gasteiger partial charge in [0.1, 0.15) is 6.07 Å². The topological polar surface area (TPSA) is 35.8 Å². The van der Waals surface area contributed by atoms with Crippen molar-refractivity contribution >= 4 is 33.0 Å². The summed E-state index contributed by atoms with van der Waals surface area (Å²) in [6.07, 6.45) is 0. The van der Waals surface area contributed by atoms with E-state index in [9.17, 15) is 0 Å². The number of benzene rings is 1. The molecule has 0 aliphatic carbocycles. The van der Waals surface area contributed by atoms with E-state index in [1.54, 1.807) is 11.3 Å². The Bertz CT molecular complexity index is 543. The van der Waals surface area contributed by atoms with Crippen molar-refractivity contribution in [2.45, 2.75) is 13.0 Å². The number of nitriles is 1. The molecule has 86 valence electrons. The molecular formula is C13H11BrN2S. The van der Waals surface area contributed by atoms with Crippen molar-refractivity contribution in [3.05, 3.63) is 50.6 Å². The summed E-state index contributed by atoms with van der Waals surface area (Å²) in [7, 11) is 0. The molecule has 0 aliphatic heterocycles. The van der Waals surface area contributed by atoms with Crippen molar-refractivity contribution in [2.24, 2.45) is 0 Å². The second kappa shape index (κ2) is 5.35. The first-order chi connectivity index (χ1) is 8.20. The van der Waals surface area contributed by atoms with Crippen LogP contribution in [0.3, 0.4) is 0 Å². The molecule has 0 radical (unpaired) electrons. The van der Waals surface area contributed by atoms with Gasteiger partial charge in [0.05, 0.1) is 5.56 Å². The molecular weight excluding hydrogens is 296 g/mol. The minimum absolute atomic E-state index is 0.265. The Morgan fingerprint density at radius 2 is 2.24 bits per heavy atom. The van der Waals surface area contributed by atoms with E-state index in [1.807, 2.05) is 18.2 Å². The fourth-order valence-corrected chi connectivity index (χ4v) is 2.77. The zero-order valence-electron chi connectivity index (χ0n) is 9.27. The van der Waals surface area contributed by atoms with Crippen LogP contribution in [0.5, 0.6) is 0 Å². The molecule has 1 N–H and O–H groups in total. The van der Waals surface area contributed by atoms with Gasteiger partial charge in [0.25, 0.3) is 0 Å². The number of nitrogens with zero attached hydrogens (tertiary/aromatic N) is 1. The van der Waals surface area contributed by atoms with Crippen LogP contribution in [0.25, 0.3) is 0 Å². The van der Waals surface area contributed by atoms with Crippen LogP contribution in [0.4, 0.5) is 5.69 Å². The van der Waals surface area contributed by atoms with Gasteiger partial charge in [-0.15, -0.1) is 0 Å². The highest BCUT2D eigenvalue weighted by Crippen LogP contribution is 2.25. The molecule has 1 atom stereocenters. The van der Waals surface area contributed by atoms with Crippen LogP contribution >= 0.6 is 27.3 Å². The summed E-state index contributed by atoms with van der Waals surface area (Å²) in [6.45, 7) is 2.12. The van der Waals surface area contributed by atoms with Gasteiger partial charge >= 0.3 is 0 Å². The highest BCUT2D eigenvalue weighted by molar-refractivity contribution is 9.10. The summed E-state index contributed by atoms with van der Waals surface area (Å²) in [5, 5.41) is 16.5. The fraction of sp³-hybridized carbons (Fsp3) is 0.154. The number of halogens is 1. The second-order valence-electron chi connectivity index (χ2n) is 3.73. The number of rotatable bonds is 3. The van der Waals surface area contributed by atoms with Gasteiger partial charge in [0, 0.05) is 16.2 Å². The van der Waals surface area contributed by atoms with Gasteiger partial charge in [-0.2, -0.15) is 16.6 Å². The molecule has 0 saturated heterocycles. The normalized spacial score (nSPS) is 11.8. The van der Waals surface area contributed by atoms with Gasteiger partial charge in [0.2, 0.25) is 0 Å². The summed E-state index contributed by atoms with van der Waals surface area (Å²) in [6, 6.07) is 10.2.